The summed E-state index contributed by atoms with van der Waals surface area (Å²) in [5.74, 6) is 1.29. The van der Waals surface area contributed by atoms with Crippen molar-refractivity contribution in [1.29, 1.82) is 0 Å². The fourth-order valence-corrected chi connectivity index (χ4v) is 4.66. The second kappa shape index (κ2) is 6.09. The third-order valence-corrected chi connectivity index (χ3v) is 5.19. The molecule has 0 bridgehead atoms. The van der Waals surface area contributed by atoms with Gasteiger partial charge in [0, 0.05) is 19.0 Å². The second-order valence-electron chi connectivity index (χ2n) is 5.58. The molecule has 0 radical (unpaired) electrons. The highest BCUT2D eigenvalue weighted by Gasteiger charge is 2.20. The van der Waals surface area contributed by atoms with Crippen molar-refractivity contribution in [3.05, 3.63) is 34.9 Å². The average molecular weight is 275 g/mol. The van der Waals surface area contributed by atoms with E-state index >= 15 is 0 Å². The van der Waals surface area contributed by atoms with Crippen molar-refractivity contribution in [2.24, 2.45) is 5.92 Å². The van der Waals surface area contributed by atoms with Gasteiger partial charge in [0.1, 0.15) is 0 Å². The summed E-state index contributed by atoms with van der Waals surface area (Å²) in [7, 11) is -1.04. The molecule has 0 fully saturated rings. The van der Waals surface area contributed by atoms with Crippen molar-refractivity contribution < 1.29 is 0 Å². The van der Waals surface area contributed by atoms with Gasteiger partial charge in [-0.05, 0) is 24.0 Å². The maximum absolute atomic E-state index is 6.16. The van der Waals surface area contributed by atoms with Gasteiger partial charge in [-0.1, -0.05) is 55.5 Å². The molecule has 3 heteroatoms. The van der Waals surface area contributed by atoms with Gasteiger partial charge in [0.25, 0.3) is 0 Å². The molecule has 0 N–H and O–H groups in total. The lowest BCUT2D eigenvalue weighted by Gasteiger charge is -2.23. The Morgan fingerprint density at radius 3 is 2.31 bits per heavy atom. The summed E-state index contributed by atoms with van der Waals surface area (Å²) in [6, 6.07) is 9.34. The van der Waals surface area contributed by atoms with E-state index in [4.69, 9.17) is 23.2 Å². The zero-order valence-corrected chi connectivity index (χ0v) is 12.8. The largest absolute Gasteiger partial charge is 0.126 e. The van der Waals surface area contributed by atoms with Crippen molar-refractivity contribution in [1.82, 2.24) is 0 Å². The molecule has 90 valence electrons. The van der Waals surface area contributed by atoms with Crippen molar-refractivity contribution in [2.45, 2.75) is 32.1 Å². The molecule has 1 rings (SSSR count). The first-order valence-electron chi connectivity index (χ1n) is 5.72. The van der Waals surface area contributed by atoms with Gasteiger partial charge < -0.3 is 0 Å². The highest BCUT2D eigenvalue weighted by molar-refractivity contribution is 6.76. The Morgan fingerprint density at radius 1 is 1.19 bits per heavy atom. The normalized spacial score (nSPS) is 13.8. The molecule has 0 aliphatic heterocycles. The molecule has 0 nitrogen and oxygen atoms in total. The predicted octanol–water partition coefficient (Wildman–Crippen LogP) is 5.08. The van der Waals surface area contributed by atoms with Crippen LogP contribution in [0, 0.1) is 5.92 Å². The topological polar surface area (TPSA) is 0 Å². The van der Waals surface area contributed by atoms with Crippen LogP contribution in [0.3, 0.4) is 0 Å². The maximum atomic E-state index is 6.16. The molecule has 1 aromatic carbocycles. The fourth-order valence-electron chi connectivity index (χ4n) is 2.02. The molecule has 0 aliphatic rings. The third-order valence-electron chi connectivity index (χ3n) is 2.59. The Balaban J connectivity index is 2.67. The predicted molar refractivity (Wildman–Crippen MR) is 77.5 cm³/mol. The Bertz CT molecular complexity index is 331. The van der Waals surface area contributed by atoms with Crippen LogP contribution in [0.4, 0.5) is 0 Å². The zero-order valence-electron chi connectivity index (χ0n) is 10.3. The average Bonchev–Trinajstić information content (AvgIpc) is 2.18. The van der Waals surface area contributed by atoms with Crippen molar-refractivity contribution in [3.63, 3.8) is 0 Å². The van der Waals surface area contributed by atoms with E-state index in [2.05, 4.69) is 25.7 Å². The van der Waals surface area contributed by atoms with E-state index in [0.29, 0.717) is 5.92 Å². The highest BCUT2D eigenvalue weighted by Crippen LogP contribution is 2.25. The summed E-state index contributed by atoms with van der Waals surface area (Å²) in [6.07, 6.45) is 1.01. The number of rotatable bonds is 5. The van der Waals surface area contributed by atoms with Gasteiger partial charge in [-0.2, -0.15) is 0 Å². The monoisotopic (exact) mass is 274 g/mol. The van der Waals surface area contributed by atoms with Gasteiger partial charge in [-0.3, -0.25) is 0 Å². The smallest absolute Gasteiger partial charge is 0.0445 e. The van der Waals surface area contributed by atoms with Crippen LogP contribution in [0.25, 0.3) is 0 Å². The Hall–Kier alpha value is 0.0169. The van der Waals surface area contributed by atoms with Gasteiger partial charge in [0.2, 0.25) is 0 Å². The molecule has 1 unspecified atom stereocenters. The molecule has 16 heavy (non-hydrogen) atoms. The van der Waals surface area contributed by atoms with Gasteiger partial charge in [0.15, 0.2) is 0 Å². The molecule has 1 aromatic rings. The molecule has 0 heterocycles. The molecular formula is C13H20Cl2Si. The molecule has 0 saturated carbocycles. The quantitative estimate of drug-likeness (QED) is 0.519. The second-order valence-corrected chi connectivity index (χ2v) is 11.8. The lowest BCUT2D eigenvalue weighted by Crippen LogP contribution is -2.25. The van der Waals surface area contributed by atoms with E-state index in [0.717, 1.165) is 17.3 Å². The number of hydrogen-bond donors (Lipinski definition) is 0. The maximum Gasteiger partial charge on any atom is 0.0445 e. The molecule has 0 amide bonds. The summed E-state index contributed by atoms with van der Waals surface area (Å²) >= 11 is 12.2. The molecule has 1 atom stereocenters. The van der Waals surface area contributed by atoms with E-state index in [9.17, 15) is 0 Å². The van der Waals surface area contributed by atoms with Crippen molar-refractivity contribution in [2.75, 3.05) is 5.88 Å². The number of benzene rings is 1. The first-order chi connectivity index (χ1) is 7.42. The van der Waals surface area contributed by atoms with Crippen molar-refractivity contribution >= 4 is 31.3 Å². The Kier molecular flexibility index (Phi) is 5.36. The summed E-state index contributed by atoms with van der Waals surface area (Å²) in [4.78, 5) is 0. The zero-order chi connectivity index (χ0) is 12.2. The van der Waals surface area contributed by atoms with E-state index in [1.165, 1.54) is 11.6 Å². The lowest BCUT2D eigenvalue weighted by atomic mass is 10.0. The number of alkyl halides is 1. The minimum Gasteiger partial charge on any atom is -0.126 e. The SMILES string of the molecule is C[Si](C)(C)CC(CCl)Cc1ccccc1Cl. The van der Waals surface area contributed by atoms with Crippen molar-refractivity contribution in [3.8, 4) is 0 Å². The van der Waals surface area contributed by atoms with Crippen LogP contribution >= 0.6 is 23.2 Å². The van der Waals surface area contributed by atoms with Gasteiger partial charge >= 0.3 is 0 Å². The van der Waals surface area contributed by atoms with Crippen LogP contribution in [0.1, 0.15) is 5.56 Å². The summed E-state index contributed by atoms with van der Waals surface area (Å²) in [6.45, 7) is 7.16. The van der Waals surface area contributed by atoms with Crippen LogP contribution in [-0.2, 0) is 6.42 Å². The highest BCUT2D eigenvalue weighted by atomic mass is 35.5. The van der Waals surface area contributed by atoms with Crippen LogP contribution in [-0.4, -0.2) is 14.0 Å². The molecular weight excluding hydrogens is 255 g/mol. The number of halogens is 2. The minimum atomic E-state index is -1.04. The van der Waals surface area contributed by atoms with Crippen LogP contribution in [0.5, 0.6) is 0 Å². The van der Waals surface area contributed by atoms with E-state index in [1.54, 1.807) is 0 Å². The summed E-state index contributed by atoms with van der Waals surface area (Å²) in [5, 5.41) is 0.869. The summed E-state index contributed by atoms with van der Waals surface area (Å²) < 4.78 is 0. The number of hydrogen-bond acceptors (Lipinski definition) is 0. The molecule has 0 saturated heterocycles. The first kappa shape index (κ1) is 14.1. The minimum absolute atomic E-state index is 0.563. The van der Waals surface area contributed by atoms with E-state index < -0.39 is 8.07 Å². The Morgan fingerprint density at radius 2 is 1.81 bits per heavy atom. The molecule has 0 aliphatic carbocycles. The first-order valence-corrected chi connectivity index (χ1v) is 10.3. The lowest BCUT2D eigenvalue weighted by molar-refractivity contribution is 0.643. The summed E-state index contributed by atoms with van der Waals surface area (Å²) in [5.41, 5.74) is 1.23. The van der Waals surface area contributed by atoms with E-state index in [-0.39, 0.29) is 0 Å². The van der Waals surface area contributed by atoms with Gasteiger partial charge in [0.05, 0.1) is 0 Å². The van der Waals surface area contributed by atoms with Crippen LogP contribution in [0.2, 0.25) is 30.7 Å². The molecule has 0 spiro atoms. The van der Waals surface area contributed by atoms with E-state index in [1.807, 2.05) is 18.2 Å². The standard InChI is InChI=1S/C13H20Cl2Si/c1-16(2,3)10-11(9-14)8-12-6-4-5-7-13(12)15/h4-7,11H,8-10H2,1-3H3. The van der Waals surface area contributed by atoms with Crippen LogP contribution < -0.4 is 0 Å². The molecule has 0 aromatic heterocycles. The third kappa shape index (κ3) is 4.90. The van der Waals surface area contributed by atoms with Gasteiger partial charge in [-0.25, -0.2) is 0 Å². The van der Waals surface area contributed by atoms with Gasteiger partial charge in [-0.15, -0.1) is 11.6 Å². The Labute approximate surface area is 110 Å². The fraction of sp³-hybridized carbons (Fsp3) is 0.538. The van der Waals surface area contributed by atoms with Crippen LogP contribution in [0.15, 0.2) is 24.3 Å².